The number of amides is 2. The van der Waals surface area contributed by atoms with E-state index in [1.165, 1.54) is 0 Å². The van der Waals surface area contributed by atoms with Gasteiger partial charge in [-0.25, -0.2) is 0 Å². The van der Waals surface area contributed by atoms with Crippen LogP contribution in [-0.2, 0) is 16.0 Å². The van der Waals surface area contributed by atoms with Gasteiger partial charge in [-0.05, 0) is 48.8 Å². The van der Waals surface area contributed by atoms with Gasteiger partial charge in [0.2, 0.25) is 11.8 Å². The van der Waals surface area contributed by atoms with E-state index in [2.05, 4.69) is 22.9 Å². The number of rotatable bonds is 10. The number of unbranched alkanes of at least 4 members (excludes halogenated alkanes) is 3. The van der Waals surface area contributed by atoms with E-state index >= 15 is 0 Å². The highest BCUT2D eigenvalue weighted by molar-refractivity contribution is 7.80. The second kappa shape index (κ2) is 12.7. The van der Waals surface area contributed by atoms with Crippen LogP contribution in [0.15, 0.2) is 54.6 Å². The van der Waals surface area contributed by atoms with Gasteiger partial charge in [0.15, 0.2) is 5.11 Å². The average molecular weight is 412 g/mol. The second-order valence-electron chi connectivity index (χ2n) is 6.93. The van der Waals surface area contributed by atoms with Gasteiger partial charge in [0.05, 0.1) is 0 Å². The molecule has 0 heterocycles. The summed E-state index contributed by atoms with van der Waals surface area (Å²) in [6.07, 6.45) is 5.77. The molecule has 3 N–H and O–H groups in total. The lowest BCUT2D eigenvalue weighted by atomic mass is 10.1. The van der Waals surface area contributed by atoms with Gasteiger partial charge in [-0.3, -0.25) is 9.59 Å². The Bertz CT molecular complexity index is 809. The van der Waals surface area contributed by atoms with Crippen molar-refractivity contribution in [3.05, 3.63) is 60.2 Å². The molecule has 6 heteroatoms. The zero-order valence-corrected chi connectivity index (χ0v) is 17.7. The topological polar surface area (TPSA) is 70.2 Å². The predicted octanol–water partition coefficient (Wildman–Crippen LogP) is 5.04. The highest BCUT2D eigenvalue weighted by Crippen LogP contribution is 2.16. The summed E-state index contributed by atoms with van der Waals surface area (Å²) >= 11 is 5.21. The summed E-state index contributed by atoms with van der Waals surface area (Å²) < 4.78 is 0. The molecule has 0 saturated heterocycles. The Labute approximate surface area is 178 Å². The molecule has 0 unspecified atom stereocenters. The van der Waals surface area contributed by atoms with Crippen LogP contribution in [0.25, 0.3) is 0 Å². The summed E-state index contributed by atoms with van der Waals surface area (Å²) in [5.41, 5.74) is 2.53. The zero-order chi connectivity index (χ0) is 20.9. The van der Waals surface area contributed by atoms with Crippen LogP contribution in [0.2, 0.25) is 0 Å². The fraction of sp³-hybridized carbons (Fsp3) is 0.348. The number of anilines is 2. The molecule has 0 bridgehead atoms. The molecule has 29 heavy (non-hydrogen) atoms. The number of hydrogen-bond donors (Lipinski definition) is 3. The minimum absolute atomic E-state index is 0.0473. The van der Waals surface area contributed by atoms with Crippen LogP contribution in [0.5, 0.6) is 0 Å². The van der Waals surface area contributed by atoms with Crippen molar-refractivity contribution < 1.29 is 9.59 Å². The molecule has 2 amide bonds. The third kappa shape index (κ3) is 9.34. The van der Waals surface area contributed by atoms with E-state index in [1.54, 1.807) is 6.07 Å². The summed E-state index contributed by atoms with van der Waals surface area (Å²) in [6, 6.07) is 17.2. The number of carbonyl (C=O) groups excluding carboxylic acids is 2. The fourth-order valence-electron chi connectivity index (χ4n) is 2.86. The lowest BCUT2D eigenvalue weighted by molar-refractivity contribution is -0.119. The van der Waals surface area contributed by atoms with Crippen LogP contribution in [0.1, 0.15) is 51.0 Å². The summed E-state index contributed by atoms with van der Waals surface area (Å²) in [7, 11) is 0. The number of nitrogens with one attached hydrogen (secondary N) is 3. The molecular formula is C23H29N3O2S. The van der Waals surface area contributed by atoms with Crippen molar-refractivity contribution in [3.8, 4) is 0 Å². The molecule has 0 saturated carbocycles. The first-order chi connectivity index (χ1) is 14.1. The normalized spacial score (nSPS) is 10.2. The second-order valence-corrected chi connectivity index (χ2v) is 7.34. The Morgan fingerprint density at radius 2 is 1.55 bits per heavy atom. The molecule has 0 fully saturated rings. The van der Waals surface area contributed by atoms with Gasteiger partial charge in [0.1, 0.15) is 0 Å². The van der Waals surface area contributed by atoms with Crippen LogP contribution in [0.4, 0.5) is 11.4 Å². The largest absolute Gasteiger partial charge is 0.332 e. The summed E-state index contributed by atoms with van der Waals surface area (Å²) in [6.45, 7) is 2.14. The first-order valence-electron chi connectivity index (χ1n) is 10.1. The van der Waals surface area contributed by atoms with E-state index in [1.807, 2.05) is 48.5 Å². The van der Waals surface area contributed by atoms with Crippen molar-refractivity contribution in [2.75, 3.05) is 10.6 Å². The maximum Gasteiger partial charge on any atom is 0.226 e. The molecule has 0 aliphatic rings. The Balaban J connectivity index is 1.77. The Kier molecular flexibility index (Phi) is 9.86. The first kappa shape index (κ1) is 22.6. The van der Waals surface area contributed by atoms with Crippen molar-refractivity contribution in [3.63, 3.8) is 0 Å². The Morgan fingerprint density at radius 1 is 0.828 bits per heavy atom. The van der Waals surface area contributed by atoms with Gasteiger partial charge in [0, 0.05) is 24.2 Å². The van der Waals surface area contributed by atoms with Gasteiger partial charge in [0.25, 0.3) is 0 Å². The van der Waals surface area contributed by atoms with Crippen LogP contribution >= 0.6 is 12.2 Å². The van der Waals surface area contributed by atoms with E-state index in [0.717, 1.165) is 31.2 Å². The standard InChI is InChI=1S/C23H29N3O2S/c1-2-3-4-8-14-21(27)26-23(29)25-20-13-9-12-19(17-20)24-22(28)16-15-18-10-6-5-7-11-18/h5-7,9-13,17H,2-4,8,14-16H2,1H3,(H,24,28)(H2,25,26,27,29). The maximum absolute atomic E-state index is 12.2. The van der Waals surface area contributed by atoms with E-state index < -0.39 is 0 Å². The van der Waals surface area contributed by atoms with Crippen molar-refractivity contribution in [2.45, 2.75) is 51.9 Å². The highest BCUT2D eigenvalue weighted by atomic mass is 32.1. The van der Waals surface area contributed by atoms with Gasteiger partial charge >= 0.3 is 0 Å². The number of benzene rings is 2. The van der Waals surface area contributed by atoms with E-state index in [-0.39, 0.29) is 16.9 Å². The SMILES string of the molecule is CCCCCCC(=O)NC(=S)Nc1cccc(NC(=O)CCc2ccccc2)c1. The highest BCUT2D eigenvalue weighted by Gasteiger charge is 2.07. The van der Waals surface area contributed by atoms with Crippen molar-refractivity contribution in [1.29, 1.82) is 0 Å². The molecule has 2 aromatic rings. The Morgan fingerprint density at radius 3 is 2.28 bits per heavy atom. The molecule has 0 aromatic heterocycles. The van der Waals surface area contributed by atoms with Crippen LogP contribution in [0.3, 0.4) is 0 Å². The van der Waals surface area contributed by atoms with Gasteiger partial charge in [-0.15, -0.1) is 0 Å². The van der Waals surface area contributed by atoms with Gasteiger partial charge < -0.3 is 16.0 Å². The number of carbonyl (C=O) groups is 2. The third-order valence-corrected chi connectivity index (χ3v) is 4.60. The van der Waals surface area contributed by atoms with Crippen molar-refractivity contribution in [2.24, 2.45) is 0 Å². The average Bonchev–Trinajstić information content (AvgIpc) is 2.70. The van der Waals surface area contributed by atoms with E-state index in [0.29, 0.717) is 30.6 Å². The third-order valence-electron chi connectivity index (χ3n) is 4.40. The molecule has 0 spiro atoms. The van der Waals surface area contributed by atoms with Crippen molar-refractivity contribution in [1.82, 2.24) is 5.32 Å². The number of hydrogen-bond acceptors (Lipinski definition) is 3. The van der Waals surface area contributed by atoms with Crippen molar-refractivity contribution >= 4 is 40.5 Å². The molecule has 0 aliphatic carbocycles. The van der Waals surface area contributed by atoms with Crippen LogP contribution < -0.4 is 16.0 Å². The zero-order valence-electron chi connectivity index (χ0n) is 16.9. The van der Waals surface area contributed by atoms with E-state index in [4.69, 9.17) is 12.2 Å². The molecule has 2 rings (SSSR count). The summed E-state index contributed by atoms with van der Waals surface area (Å²) in [5.74, 6) is -0.127. The predicted molar refractivity (Wildman–Crippen MR) is 123 cm³/mol. The quantitative estimate of drug-likeness (QED) is 0.378. The Hall–Kier alpha value is -2.73. The fourth-order valence-corrected chi connectivity index (χ4v) is 3.10. The molecule has 0 atom stereocenters. The summed E-state index contributed by atoms with van der Waals surface area (Å²) in [4.78, 5) is 24.1. The minimum atomic E-state index is -0.0797. The molecular weight excluding hydrogens is 382 g/mol. The molecule has 5 nitrogen and oxygen atoms in total. The molecule has 0 radical (unpaired) electrons. The lowest BCUT2D eigenvalue weighted by Gasteiger charge is -2.11. The minimum Gasteiger partial charge on any atom is -0.332 e. The molecule has 0 aliphatic heterocycles. The lowest BCUT2D eigenvalue weighted by Crippen LogP contribution is -2.33. The van der Waals surface area contributed by atoms with Gasteiger partial charge in [-0.2, -0.15) is 0 Å². The van der Waals surface area contributed by atoms with E-state index in [9.17, 15) is 9.59 Å². The van der Waals surface area contributed by atoms with Crippen LogP contribution in [-0.4, -0.2) is 16.9 Å². The number of aryl methyl sites for hydroxylation is 1. The van der Waals surface area contributed by atoms with Gasteiger partial charge in [-0.1, -0.05) is 62.6 Å². The smallest absolute Gasteiger partial charge is 0.226 e. The molecule has 154 valence electrons. The monoisotopic (exact) mass is 411 g/mol. The first-order valence-corrected chi connectivity index (χ1v) is 10.5. The molecule has 2 aromatic carbocycles. The van der Waals surface area contributed by atoms with Crippen LogP contribution in [0, 0.1) is 0 Å². The maximum atomic E-state index is 12.2. The summed E-state index contributed by atoms with van der Waals surface area (Å²) in [5, 5.41) is 8.85. The number of thiocarbonyl (C=S) groups is 1.